The minimum absolute atomic E-state index is 0.0114. The van der Waals surface area contributed by atoms with Crippen LogP contribution in [-0.4, -0.2) is 31.3 Å². The van der Waals surface area contributed by atoms with E-state index in [-0.39, 0.29) is 24.8 Å². The number of urea groups is 1. The molecule has 2 aliphatic heterocycles. The van der Waals surface area contributed by atoms with Crippen LogP contribution in [0.5, 0.6) is 11.5 Å². The minimum Gasteiger partial charge on any atom is -0.454 e. The van der Waals surface area contributed by atoms with Crippen LogP contribution in [0.4, 0.5) is 10.5 Å². The Morgan fingerprint density at radius 2 is 1.92 bits per heavy atom. The molecule has 2 N–H and O–H groups in total. The summed E-state index contributed by atoms with van der Waals surface area (Å²) in [6.45, 7) is 1.06. The summed E-state index contributed by atoms with van der Waals surface area (Å²) in [5, 5.41) is 5.67. The predicted octanol–water partition coefficient (Wildman–Crippen LogP) is 2.02. The number of benzene rings is 2. The average molecular weight is 353 g/mol. The molecule has 0 radical (unpaired) electrons. The number of nitrogens with zero attached hydrogens (tertiary/aromatic N) is 1. The van der Waals surface area contributed by atoms with Crippen LogP contribution in [0.25, 0.3) is 0 Å². The second-order valence-corrected chi connectivity index (χ2v) is 6.26. The highest BCUT2D eigenvalue weighted by molar-refractivity contribution is 5.96. The molecule has 134 valence electrons. The van der Waals surface area contributed by atoms with Crippen LogP contribution in [0.3, 0.4) is 0 Å². The summed E-state index contributed by atoms with van der Waals surface area (Å²) < 4.78 is 10.6. The van der Waals surface area contributed by atoms with Gasteiger partial charge in [-0.1, -0.05) is 24.3 Å². The Bertz CT molecular complexity index is 825. The van der Waals surface area contributed by atoms with Crippen molar-refractivity contribution in [2.45, 2.75) is 19.0 Å². The van der Waals surface area contributed by atoms with Gasteiger partial charge in [-0.15, -0.1) is 0 Å². The Kier molecular flexibility index (Phi) is 4.35. The van der Waals surface area contributed by atoms with Crippen LogP contribution >= 0.6 is 0 Å². The van der Waals surface area contributed by atoms with Crippen molar-refractivity contribution in [3.8, 4) is 11.5 Å². The van der Waals surface area contributed by atoms with Crippen molar-refractivity contribution < 1.29 is 19.1 Å². The quantitative estimate of drug-likeness (QED) is 0.881. The van der Waals surface area contributed by atoms with Gasteiger partial charge in [-0.2, -0.15) is 0 Å². The normalized spacial score (nSPS) is 18.1. The smallest absolute Gasteiger partial charge is 0.315 e. The first-order valence-corrected chi connectivity index (χ1v) is 8.47. The molecule has 2 aromatic carbocycles. The van der Waals surface area contributed by atoms with Crippen LogP contribution in [-0.2, 0) is 11.3 Å². The molecule has 1 atom stereocenters. The number of hydrogen-bond donors (Lipinski definition) is 2. The lowest BCUT2D eigenvalue weighted by atomic mass is 10.2. The van der Waals surface area contributed by atoms with E-state index in [0.717, 1.165) is 11.3 Å². The molecule has 3 amide bonds. The fraction of sp³-hybridized carbons (Fsp3) is 0.263. The number of para-hydroxylation sites is 1. The molecule has 0 saturated carbocycles. The molecule has 0 aromatic heterocycles. The van der Waals surface area contributed by atoms with E-state index in [2.05, 4.69) is 10.6 Å². The molecule has 2 heterocycles. The van der Waals surface area contributed by atoms with E-state index in [9.17, 15) is 9.59 Å². The van der Waals surface area contributed by atoms with E-state index in [4.69, 9.17) is 9.47 Å². The van der Waals surface area contributed by atoms with Crippen molar-refractivity contribution in [1.82, 2.24) is 10.6 Å². The average Bonchev–Trinajstić information content (AvgIpc) is 3.26. The summed E-state index contributed by atoms with van der Waals surface area (Å²) in [5.74, 6) is 1.41. The van der Waals surface area contributed by atoms with Crippen LogP contribution in [0.15, 0.2) is 48.5 Å². The van der Waals surface area contributed by atoms with Crippen LogP contribution < -0.4 is 25.0 Å². The molecule has 26 heavy (non-hydrogen) atoms. The highest BCUT2D eigenvalue weighted by Crippen LogP contribution is 2.32. The van der Waals surface area contributed by atoms with E-state index in [1.54, 1.807) is 4.90 Å². The van der Waals surface area contributed by atoms with Crippen molar-refractivity contribution >= 4 is 17.6 Å². The summed E-state index contributed by atoms with van der Waals surface area (Å²) >= 11 is 0. The van der Waals surface area contributed by atoms with Crippen molar-refractivity contribution in [2.75, 3.05) is 18.2 Å². The molecule has 1 saturated heterocycles. The monoisotopic (exact) mass is 353 g/mol. The van der Waals surface area contributed by atoms with E-state index in [1.165, 1.54) is 0 Å². The second-order valence-electron chi connectivity index (χ2n) is 6.26. The maximum absolute atomic E-state index is 12.2. The second kappa shape index (κ2) is 6.95. The van der Waals surface area contributed by atoms with Crippen molar-refractivity contribution in [3.63, 3.8) is 0 Å². The molecular weight excluding hydrogens is 334 g/mol. The molecule has 0 spiro atoms. The van der Waals surface area contributed by atoms with Crippen molar-refractivity contribution in [3.05, 3.63) is 54.1 Å². The molecule has 1 fully saturated rings. The largest absolute Gasteiger partial charge is 0.454 e. The van der Waals surface area contributed by atoms with Crippen molar-refractivity contribution in [1.29, 1.82) is 0 Å². The fourth-order valence-corrected chi connectivity index (χ4v) is 3.13. The zero-order valence-corrected chi connectivity index (χ0v) is 14.1. The zero-order valence-electron chi connectivity index (χ0n) is 14.1. The van der Waals surface area contributed by atoms with Gasteiger partial charge in [-0.3, -0.25) is 4.79 Å². The van der Waals surface area contributed by atoms with Gasteiger partial charge in [0.2, 0.25) is 12.7 Å². The van der Waals surface area contributed by atoms with Crippen LogP contribution in [0.2, 0.25) is 0 Å². The first kappa shape index (κ1) is 16.3. The Morgan fingerprint density at radius 1 is 1.12 bits per heavy atom. The Labute approximate surface area is 150 Å². The van der Waals surface area contributed by atoms with Gasteiger partial charge >= 0.3 is 6.03 Å². The summed E-state index contributed by atoms with van der Waals surface area (Å²) in [6, 6.07) is 14.5. The lowest BCUT2D eigenvalue weighted by Gasteiger charge is -2.17. The van der Waals surface area contributed by atoms with Gasteiger partial charge < -0.3 is 25.0 Å². The van der Waals surface area contributed by atoms with Gasteiger partial charge in [0.15, 0.2) is 11.5 Å². The van der Waals surface area contributed by atoms with Gasteiger partial charge in [-0.25, -0.2) is 4.79 Å². The molecular formula is C19H19N3O4. The topological polar surface area (TPSA) is 79.9 Å². The highest BCUT2D eigenvalue weighted by atomic mass is 16.7. The van der Waals surface area contributed by atoms with Gasteiger partial charge in [0.05, 0.1) is 6.04 Å². The number of anilines is 1. The maximum atomic E-state index is 12.2. The third-order valence-corrected chi connectivity index (χ3v) is 4.42. The van der Waals surface area contributed by atoms with Gasteiger partial charge in [0, 0.05) is 25.2 Å². The number of carbonyl (C=O) groups is 2. The minimum atomic E-state index is -0.296. The number of rotatable bonds is 4. The third kappa shape index (κ3) is 3.42. The molecule has 0 bridgehead atoms. The van der Waals surface area contributed by atoms with E-state index < -0.39 is 0 Å². The molecule has 2 aromatic rings. The highest BCUT2D eigenvalue weighted by Gasteiger charge is 2.31. The molecule has 7 heteroatoms. The van der Waals surface area contributed by atoms with E-state index >= 15 is 0 Å². The molecule has 4 rings (SSSR count). The Morgan fingerprint density at radius 3 is 2.77 bits per heavy atom. The number of ether oxygens (including phenoxy) is 2. The van der Waals surface area contributed by atoms with Crippen molar-refractivity contribution in [2.24, 2.45) is 0 Å². The van der Waals surface area contributed by atoms with E-state index in [0.29, 0.717) is 31.0 Å². The predicted molar refractivity (Wildman–Crippen MR) is 95.1 cm³/mol. The molecule has 1 unspecified atom stereocenters. The zero-order chi connectivity index (χ0) is 17.9. The first-order valence-electron chi connectivity index (χ1n) is 8.47. The maximum Gasteiger partial charge on any atom is 0.315 e. The van der Waals surface area contributed by atoms with E-state index in [1.807, 2.05) is 48.5 Å². The number of fused-ring (bicyclic) bond motifs is 1. The molecule has 0 aliphatic carbocycles. The summed E-state index contributed by atoms with van der Waals surface area (Å²) in [5.41, 5.74) is 1.76. The van der Waals surface area contributed by atoms with Crippen LogP contribution in [0.1, 0.15) is 12.0 Å². The summed E-state index contributed by atoms with van der Waals surface area (Å²) in [6.07, 6.45) is 0.298. The number of nitrogens with one attached hydrogen (secondary N) is 2. The lowest BCUT2D eigenvalue weighted by Crippen LogP contribution is -2.43. The fourth-order valence-electron chi connectivity index (χ4n) is 3.13. The molecule has 7 nitrogen and oxygen atoms in total. The van der Waals surface area contributed by atoms with Crippen LogP contribution in [0, 0.1) is 0 Å². The summed E-state index contributed by atoms with van der Waals surface area (Å²) in [4.78, 5) is 26.0. The number of amides is 3. The standard InChI is InChI=1S/C19H19N3O4/c23-18-9-14(11-22(18)15-4-2-1-3-5-15)21-19(24)20-10-13-6-7-16-17(8-13)26-12-25-16/h1-8,14H,9-12H2,(H2,20,21,24). The first-order chi connectivity index (χ1) is 12.7. The van der Waals surface area contributed by atoms with Gasteiger partial charge in [-0.05, 0) is 29.8 Å². The summed E-state index contributed by atoms with van der Waals surface area (Å²) in [7, 11) is 0. The van der Waals surface area contributed by atoms with Gasteiger partial charge in [0.1, 0.15) is 0 Å². The SMILES string of the molecule is O=C(NCc1ccc2c(c1)OCO2)NC1CC(=O)N(c2ccccc2)C1. The third-order valence-electron chi connectivity index (χ3n) is 4.42. The Balaban J connectivity index is 1.29. The van der Waals surface area contributed by atoms with Gasteiger partial charge in [0.25, 0.3) is 0 Å². The molecule has 2 aliphatic rings. The number of hydrogen-bond acceptors (Lipinski definition) is 4. The lowest BCUT2D eigenvalue weighted by molar-refractivity contribution is -0.117. The Hall–Kier alpha value is -3.22. The number of carbonyl (C=O) groups excluding carboxylic acids is 2.